The monoisotopic (exact) mass is 895 g/mol. The molecule has 1 atom stereocenters. The summed E-state index contributed by atoms with van der Waals surface area (Å²) in [6.45, 7) is 12.0. The van der Waals surface area contributed by atoms with Crippen LogP contribution in [0, 0.1) is 0 Å². The minimum Gasteiger partial charge on any atom is -0.462 e. The molecule has 1 aromatic rings. The molecule has 0 saturated carbocycles. The van der Waals surface area contributed by atoms with Crippen molar-refractivity contribution in [1.82, 2.24) is 19.4 Å². The number of rotatable bonds is 46. The fourth-order valence-corrected chi connectivity index (χ4v) is 9.32. The van der Waals surface area contributed by atoms with E-state index in [0.29, 0.717) is 19.4 Å². The molecule has 0 saturated heterocycles. The van der Waals surface area contributed by atoms with E-state index >= 15 is 0 Å². The lowest BCUT2D eigenvalue weighted by Crippen LogP contribution is -2.31. The zero-order valence-electron chi connectivity index (χ0n) is 41.1. The Labute approximate surface area is 382 Å². The zero-order valence-corrected chi connectivity index (χ0v) is 41.9. The third-order valence-electron chi connectivity index (χ3n) is 12.3. The second-order valence-electron chi connectivity index (χ2n) is 18.3. The summed E-state index contributed by atoms with van der Waals surface area (Å²) < 4.78 is 41.4. The Balaban J connectivity index is 2.44. The molecule has 0 aliphatic carbocycles. The van der Waals surface area contributed by atoms with Crippen molar-refractivity contribution in [2.24, 2.45) is 7.05 Å². The van der Waals surface area contributed by atoms with Crippen molar-refractivity contribution in [2.75, 3.05) is 26.2 Å². The summed E-state index contributed by atoms with van der Waals surface area (Å²) in [5.74, 6) is -0.0560. The molecular weight excluding hydrogens is 797 g/mol. The topological polar surface area (TPSA) is 120 Å². The van der Waals surface area contributed by atoms with Crippen molar-refractivity contribution in [1.29, 1.82) is 0 Å². The highest BCUT2D eigenvalue weighted by atomic mass is 32.2. The zero-order chi connectivity index (χ0) is 45.4. The van der Waals surface area contributed by atoms with Crippen molar-refractivity contribution < 1.29 is 27.5 Å². The van der Waals surface area contributed by atoms with Crippen LogP contribution < -0.4 is 4.72 Å². The Morgan fingerprint density at radius 1 is 0.565 bits per heavy atom. The minimum atomic E-state index is -3.62. The SMILES string of the molecule is CCCCCCCCC(CC)OC(=O)CCCCCCCN(CCCCCCCC(=O)OC(CCCCCCCC)CCCCCCCC)CCCNS(=O)(=O)c1ccn(C)n1. The molecular formula is C51H98N4O6S. The van der Waals surface area contributed by atoms with Gasteiger partial charge in [-0.25, -0.2) is 13.1 Å². The third-order valence-corrected chi connectivity index (χ3v) is 13.7. The largest absolute Gasteiger partial charge is 0.462 e. The van der Waals surface area contributed by atoms with Gasteiger partial charge in [0.1, 0.15) is 12.2 Å². The molecule has 0 radical (unpaired) electrons. The molecule has 1 rings (SSSR count). The quantitative estimate of drug-likeness (QED) is 0.0507. The minimum absolute atomic E-state index is 0.0133. The molecule has 1 aromatic heterocycles. The van der Waals surface area contributed by atoms with Crippen LogP contribution in [-0.4, -0.2) is 73.4 Å². The Hall–Kier alpha value is -1.98. The van der Waals surface area contributed by atoms with Gasteiger partial charge < -0.3 is 14.4 Å². The van der Waals surface area contributed by atoms with Crippen LogP contribution >= 0.6 is 0 Å². The van der Waals surface area contributed by atoms with Gasteiger partial charge in [-0.15, -0.1) is 0 Å². The summed E-state index contributed by atoms with van der Waals surface area (Å²) in [7, 11) is -1.90. The molecule has 0 fully saturated rings. The lowest BCUT2D eigenvalue weighted by molar-refractivity contribution is -0.150. The van der Waals surface area contributed by atoms with Gasteiger partial charge in [0.2, 0.25) is 0 Å². The number of nitrogens with zero attached hydrogens (tertiary/aromatic N) is 3. The fraction of sp³-hybridized carbons (Fsp3) is 0.902. The number of ether oxygens (including phenoxy) is 2. The first-order valence-electron chi connectivity index (χ1n) is 26.3. The molecule has 0 amide bonds. The third kappa shape index (κ3) is 33.5. The summed E-state index contributed by atoms with van der Waals surface area (Å²) in [6, 6.07) is 1.52. The van der Waals surface area contributed by atoms with E-state index in [1.807, 2.05) is 0 Å². The smallest absolute Gasteiger partial charge is 0.306 e. The second-order valence-corrected chi connectivity index (χ2v) is 20.0. The molecule has 0 bridgehead atoms. The van der Waals surface area contributed by atoms with E-state index in [2.05, 4.69) is 42.4 Å². The number of aromatic nitrogens is 2. The Morgan fingerprint density at radius 2 is 0.952 bits per heavy atom. The molecule has 1 heterocycles. The van der Waals surface area contributed by atoms with Crippen LogP contribution in [0.3, 0.4) is 0 Å². The lowest BCUT2D eigenvalue weighted by atomic mass is 10.0. The summed E-state index contributed by atoms with van der Waals surface area (Å²) >= 11 is 0. The van der Waals surface area contributed by atoms with Crippen LogP contribution in [0.2, 0.25) is 0 Å². The first kappa shape index (κ1) is 58.0. The van der Waals surface area contributed by atoms with Gasteiger partial charge in [-0.05, 0) is 103 Å². The number of hydrogen-bond donors (Lipinski definition) is 1. The molecule has 10 nitrogen and oxygen atoms in total. The van der Waals surface area contributed by atoms with Crippen molar-refractivity contribution in [3.63, 3.8) is 0 Å². The fourth-order valence-electron chi connectivity index (χ4n) is 8.28. The molecule has 11 heteroatoms. The predicted molar refractivity (Wildman–Crippen MR) is 259 cm³/mol. The highest BCUT2D eigenvalue weighted by Crippen LogP contribution is 2.19. The average Bonchev–Trinajstić information content (AvgIpc) is 3.71. The molecule has 62 heavy (non-hydrogen) atoms. The highest BCUT2D eigenvalue weighted by molar-refractivity contribution is 7.89. The van der Waals surface area contributed by atoms with E-state index in [1.165, 1.54) is 107 Å². The maximum absolute atomic E-state index is 12.9. The number of carbonyl (C=O) groups excluding carboxylic acids is 2. The Bertz CT molecular complexity index is 1270. The predicted octanol–water partition coefficient (Wildman–Crippen LogP) is 13.6. The van der Waals surface area contributed by atoms with Gasteiger partial charge in [0.15, 0.2) is 5.03 Å². The summed E-state index contributed by atoms with van der Waals surface area (Å²) in [4.78, 5) is 27.9. The van der Waals surface area contributed by atoms with Crippen LogP contribution in [0.1, 0.15) is 252 Å². The second kappa shape index (κ2) is 40.5. The highest BCUT2D eigenvalue weighted by Gasteiger charge is 2.18. The van der Waals surface area contributed by atoms with E-state index < -0.39 is 10.0 Å². The number of sulfonamides is 1. The van der Waals surface area contributed by atoms with E-state index in [1.54, 1.807) is 13.2 Å². The van der Waals surface area contributed by atoms with Crippen LogP contribution in [0.4, 0.5) is 0 Å². The van der Waals surface area contributed by atoms with E-state index in [-0.39, 0.29) is 29.2 Å². The number of aryl methyl sites for hydroxylation is 1. The van der Waals surface area contributed by atoms with Crippen molar-refractivity contribution in [2.45, 2.75) is 270 Å². The number of carbonyl (C=O) groups is 2. The van der Waals surface area contributed by atoms with Gasteiger partial charge >= 0.3 is 11.9 Å². The maximum Gasteiger partial charge on any atom is 0.306 e. The maximum atomic E-state index is 12.9. The average molecular weight is 895 g/mol. The van der Waals surface area contributed by atoms with E-state index in [9.17, 15) is 18.0 Å². The first-order valence-corrected chi connectivity index (χ1v) is 27.7. The van der Waals surface area contributed by atoms with Crippen LogP contribution in [-0.2, 0) is 36.1 Å². The normalized spacial score (nSPS) is 12.4. The van der Waals surface area contributed by atoms with Gasteiger partial charge in [0.25, 0.3) is 10.0 Å². The van der Waals surface area contributed by atoms with Gasteiger partial charge in [0.05, 0.1) is 0 Å². The molecule has 0 aliphatic heterocycles. The molecule has 0 aromatic carbocycles. The van der Waals surface area contributed by atoms with E-state index in [0.717, 1.165) is 135 Å². The first-order chi connectivity index (χ1) is 30.1. The van der Waals surface area contributed by atoms with Crippen molar-refractivity contribution in [3.8, 4) is 0 Å². The van der Waals surface area contributed by atoms with Crippen molar-refractivity contribution >= 4 is 22.0 Å². The van der Waals surface area contributed by atoms with Gasteiger partial charge in [-0.1, -0.05) is 163 Å². The van der Waals surface area contributed by atoms with E-state index in [4.69, 9.17) is 9.47 Å². The van der Waals surface area contributed by atoms with Crippen molar-refractivity contribution in [3.05, 3.63) is 12.3 Å². The number of unbranched alkanes of at least 4 members (excludes halogenated alkanes) is 23. The number of nitrogens with one attached hydrogen (secondary N) is 1. The van der Waals surface area contributed by atoms with Gasteiger partial charge in [-0.2, -0.15) is 5.10 Å². The summed E-state index contributed by atoms with van der Waals surface area (Å²) in [6.07, 6.45) is 40.6. The molecule has 364 valence electrons. The van der Waals surface area contributed by atoms with Gasteiger partial charge in [-0.3, -0.25) is 14.3 Å². The Kier molecular flexibility index (Phi) is 37.9. The Morgan fingerprint density at radius 3 is 1.39 bits per heavy atom. The van der Waals surface area contributed by atoms with Crippen LogP contribution in [0.15, 0.2) is 17.3 Å². The molecule has 0 spiro atoms. The summed E-state index contributed by atoms with van der Waals surface area (Å²) in [5, 5.41) is 4.11. The lowest BCUT2D eigenvalue weighted by Gasteiger charge is -2.22. The van der Waals surface area contributed by atoms with Gasteiger partial charge in [0, 0.05) is 32.6 Å². The molecule has 1 unspecified atom stereocenters. The van der Waals surface area contributed by atoms with Crippen LogP contribution in [0.25, 0.3) is 0 Å². The molecule has 0 aliphatic rings. The van der Waals surface area contributed by atoms with Crippen LogP contribution in [0.5, 0.6) is 0 Å². The summed E-state index contributed by atoms with van der Waals surface area (Å²) in [5.41, 5.74) is 0. The number of esters is 2. The number of hydrogen-bond acceptors (Lipinski definition) is 8. The standard InChI is InChI=1S/C51H98N4O6S/c1-6-10-13-16-21-28-36-47(9-4)60-50(56)39-31-24-19-26-33-43-55(45-35-42-52-62(58,59)49-41-46-54(5)53-49)44-34-27-20-25-32-40-51(57)61-48(37-29-22-17-14-11-7-2)38-30-23-18-15-12-8-3/h41,46-48,52H,6-40,42-45H2,1-5H3. The molecule has 1 N–H and O–H groups in total.